The van der Waals surface area contributed by atoms with Crippen LogP contribution in [0, 0.1) is 0 Å². The number of pyridine rings is 2. The number of benzene rings is 1. The van der Waals surface area contributed by atoms with Gasteiger partial charge in [-0.3, -0.25) is 9.88 Å². The van der Waals surface area contributed by atoms with Crippen LogP contribution in [-0.4, -0.2) is 69.9 Å². The molecule has 0 N–H and O–H groups in total. The standard InChI is InChI=1S/C31H32ClN5O5/c1-39-31(38)25-8-7-24-30(35-25)37(16-21-11-14-40-21)28(34-24)17-36-12-9-19(10-13-36)22-3-2-4-26-29(22)42-27(18-41-26)23-6-5-20(32)15-33-23/h2-8,15,19,21,27H,9-14,16-18H2,1H3. The van der Waals surface area contributed by atoms with Crippen LogP contribution < -0.4 is 9.47 Å². The van der Waals surface area contributed by atoms with Gasteiger partial charge in [0.05, 0.1) is 37.0 Å². The third kappa shape index (κ3) is 5.30. The lowest BCUT2D eigenvalue weighted by molar-refractivity contribution is -0.0593. The molecule has 7 rings (SSSR count). The molecule has 1 aromatic carbocycles. The fourth-order valence-electron chi connectivity index (χ4n) is 5.97. The average molecular weight is 590 g/mol. The number of carbonyl (C=O) groups is 1. The molecule has 6 heterocycles. The number of halogens is 1. The second kappa shape index (κ2) is 11.5. The van der Waals surface area contributed by atoms with Crippen LogP contribution >= 0.6 is 11.6 Å². The molecule has 2 saturated heterocycles. The molecule has 0 bridgehead atoms. The van der Waals surface area contributed by atoms with Crippen molar-refractivity contribution in [3.63, 3.8) is 0 Å². The third-order valence-corrected chi connectivity index (χ3v) is 8.60. The van der Waals surface area contributed by atoms with Crippen LogP contribution in [-0.2, 0) is 22.6 Å². The molecule has 11 heteroatoms. The minimum atomic E-state index is -0.457. The number of hydrogen-bond donors (Lipinski definition) is 0. The molecule has 42 heavy (non-hydrogen) atoms. The molecule has 3 aliphatic rings. The van der Waals surface area contributed by atoms with Crippen LogP contribution in [0.15, 0.2) is 48.7 Å². The Balaban J connectivity index is 1.07. The van der Waals surface area contributed by atoms with Gasteiger partial charge >= 0.3 is 5.97 Å². The summed E-state index contributed by atoms with van der Waals surface area (Å²) in [7, 11) is 1.36. The summed E-state index contributed by atoms with van der Waals surface area (Å²) in [6, 6.07) is 13.4. The van der Waals surface area contributed by atoms with E-state index in [1.807, 2.05) is 30.3 Å². The number of ether oxygens (including phenoxy) is 4. The van der Waals surface area contributed by atoms with Crippen molar-refractivity contribution in [2.24, 2.45) is 0 Å². The summed E-state index contributed by atoms with van der Waals surface area (Å²) in [4.78, 5) is 28.6. The molecule has 0 saturated carbocycles. The number of nitrogens with zero attached hydrogens (tertiary/aromatic N) is 5. The summed E-state index contributed by atoms with van der Waals surface area (Å²) in [6.07, 6.45) is 4.47. The van der Waals surface area contributed by atoms with Crippen LogP contribution in [0.3, 0.4) is 0 Å². The number of para-hydroxylation sites is 1. The molecule has 10 nitrogen and oxygen atoms in total. The fourth-order valence-corrected chi connectivity index (χ4v) is 6.08. The Labute approximate surface area is 248 Å². The lowest BCUT2D eigenvalue weighted by Crippen LogP contribution is -2.35. The van der Waals surface area contributed by atoms with Gasteiger partial charge in [0.25, 0.3) is 0 Å². The molecular weight excluding hydrogens is 558 g/mol. The van der Waals surface area contributed by atoms with Gasteiger partial charge in [-0.05, 0) is 68.6 Å². The maximum atomic E-state index is 12.1. The van der Waals surface area contributed by atoms with E-state index in [9.17, 15) is 4.79 Å². The van der Waals surface area contributed by atoms with Crippen molar-refractivity contribution in [1.82, 2.24) is 24.4 Å². The number of imidazole rings is 1. The second-order valence-electron chi connectivity index (χ2n) is 11.0. The highest BCUT2D eigenvalue weighted by atomic mass is 35.5. The van der Waals surface area contributed by atoms with E-state index in [0.717, 1.165) is 67.5 Å². The van der Waals surface area contributed by atoms with Crippen LogP contribution in [0.25, 0.3) is 11.2 Å². The van der Waals surface area contributed by atoms with Crippen molar-refractivity contribution in [2.45, 2.75) is 50.5 Å². The predicted octanol–water partition coefficient (Wildman–Crippen LogP) is 4.95. The summed E-state index contributed by atoms with van der Waals surface area (Å²) < 4.78 is 25.3. The van der Waals surface area contributed by atoms with Crippen molar-refractivity contribution in [1.29, 1.82) is 0 Å². The smallest absolute Gasteiger partial charge is 0.356 e. The summed E-state index contributed by atoms with van der Waals surface area (Å²) in [5.41, 5.74) is 3.72. The molecule has 0 spiro atoms. The van der Waals surface area contributed by atoms with E-state index in [4.69, 9.17) is 35.5 Å². The average Bonchev–Trinajstić information content (AvgIpc) is 3.34. The first-order valence-corrected chi connectivity index (χ1v) is 14.8. The van der Waals surface area contributed by atoms with Gasteiger partial charge in [-0.15, -0.1) is 0 Å². The zero-order valence-corrected chi connectivity index (χ0v) is 24.1. The number of likely N-dealkylation sites (tertiary alicyclic amines) is 1. The Morgan fingerprint density at radius 1 is 1.10 bits per heavy atom. The van der Waals surface area contributed by atoms with Gasteiger partial charge in [0, 0.05) is 18.4 Å². The monoisotopic (exact) mass is 589 g/mol. The van der Waals surface area contributed by atoms with Crippen LogP contribution in [0.5, 0.6) is 11.5 Å². The Kier molecular flexibility index (Phi) is 7.43. The van der Waals surface area contributed by atoms with E-state index in [1.165, 1.54) is 12.7 Å². The molecule has 2 atom stereocenters. The second-order valence-corrected chi connectivity index (χ2v) is 11.4. The number of carbonyl (C=O) groups excluding carboxylic acids is 1. The van der Waals surface area contributed by atoms with Gasteiger partial charge in [-0.2, -0.15) is 0 Å². The number of hydrogen-bond acceptors (Lipinski definition) is 9. The Morgan fingerprint density at radius 2 is 1.95 bits per heavy atom. The summed E-state index contributed by atoms with van der Waals surface area (Å²) in [5.74, 6) is 2.43. The van der Waals surface area contributed by atoms with Gasteiger partial charge in [-0.25, -0.2) is 14.8 Å². The normalized spacial score (nSPS) is 20.8. The largest absolute Gasteiger partial charge is 0.485 e. The first kappa shape index (κ1) is 27.1. The minimum Gasteiger partial charge on any atom is -0.485 e. The molecule has 0 amide bonds. The number of piperidine rings is 1. The number of fused-ring (bicyclic) bond motifs is 2. The van der Waals surface area contributed by atoms with E-state index < -0.39 is 5.97 Å². The lowest BCUT2D eigenvalue weighted by Gasteiger charge is -2.35. The van der Waals surface area contributed by atoms with Crippen LogP contribution in [0.1, 0.15) is 58.9 Å². The molecule has 3 aliphatic heterocycles. The van der Waals surface area contributed by atoms with Gasteiger partial charge in [0.2, 0.25) is 0 Å². The van der Waals surface area contributed by atoms with E-state index in [1.54, 1.807) is 12.3 Å². The van der Waals surface area contributed by atoms with Crippen molar-refractivity contribution in [3.05, 3.63) is 76.5 Å². The van der Waals surface area contributed by atoms with Crippen molar-refractivity contribution in [3.8, 4) is 11.5 Å². The third-order valence-electron chi connectivity index (χ3n) is 8.38. The number of esters is 1. The van der Waals surface area contributed by atoms with E-state index in [-0.39, 0.29) is 17.9 Å². The molecule has 0 aliphatic carbocycles. The van der Waals surface area contributed by atoms with Crippen molar-refractivity contribution < 1.29 is 23.7 Å². The van der Waals surface area contributed by atoms with Gasteiger partial charge in [0.15, 0.2) is 28.9 Å². The molecule has 2 unspecified atom stereocenters. The van der Waals surface area contributed by atoms with E-state index in [0.29, 0.717) is 36.3 Å². The fraction of sp³-hybridized carbons (Fsp3) is 0.419. The zero-order chi connectivity index (χ0) is 28.6. The Bertz CT molecular complexity index is 1600. The van der Waals surface area contributed by atoms with E-state index in [2.05, 4.69) is 25.5 Å². The Morgan fingerprint density at radius 3 is 2.69 bits per heavy atom. The van der Waals surface area contributed by atoms with Gasteiger partial charge in [-0.1, -0.05) is 23.7 Å². The lowest BCUT2D eigenvalue weighted by atomic mass is 9.88. The molecular formula is C31H32ClN5O5. The van der Waals surface area contributed by atoms with Crippen molar-refractivity contribution in [2.75, 3.05) is 33.4 Å². The predicted molar refractivity (Wildman–Crippen MR) is 155 cm³/mol. The molecule has 0 radical (unpaired) electrons. The summed E-state index contributed by atoms with van der Waals surface area (Å²) in [6.45, 7) is 4.38. The molecule has 218 valence electrons. The van der Waals surface area contributed by atoms with Crippen molar-refractivity contribution >= 4 is 28.7 Å². The van der Waals surface area contributed by atoms with Crippen LogP contribution in [0.4, 0.5) is 0 Å². The van der Waals surface area contributed by atoms with E-state index >= 15 is 0 Å². The topological polar surface area (TPSA) is 101 Å². The van der Waals surface area contributed by atoms with Gasteiger partial charge < -0.3 is 23.5 Å². The van der Waals surface area contributed by atoms with Gasteiger partial charge in [0.1, 0.15) is 17.9 Å². The quantitative estimate of drug-likeness (QED) is 0.277. The summed E-state index contributed by atoms with van der Waals surface area (Å²) in [5, 5.41) is 0.595. The van der Waals surface area contributed by atoms with Crippen LogP contribution in [0.2, 0.25) is 5.02 Å². The number of rotatable bonds is 7. The highest BCUT2D eigenvalue weighted by Crippen LogP contribution is 2.44. The maximum absolute atomic E-state index is 12.1. The highest BCUT2D eigenvalue weighted by Gasteiger charge is 2.31. The SMILES string of the molecule is COC(=O)c1ccc2nc(CN3CCC(c4cccc5c4OC(c4ccc(Cl)cn4)CO5)CC3)n(CC3CCO3)c2n1. The zero-order valence-electron chi connectivity index (χ0n) is 23.4. The highest BCUT2D eigenvalue weighted by molar-refractivity contribution is 6.30. The minimum absolute atomic E-state index is 0.133. The maximum Gasteiger partial charge on any atom is 0.356 e. The first-order chi connectivity index (χ1) is 20.6. The molecule has 4 aromatic rings. The summed E-state index contributed by atoms with van der Waals surface area (Å²) >= 11 is 6.04. The molecule has 2 fully saturated rings. The molecule has 3 aromatic heterocycles. The number of aromatic nitrogens is 4. The Hall–Kier alpha value is -3.73. The number of methoxy groups -OCH3 is 1. The first-order valence-electron chi connectivity index (χ1n) is 14.4.